The number of ether oxygens (including phenoxy) is 1. The second-order valence-electron chi connectivity index (χ2n) is 7.77. The molecule has 0 N–H and O–H groups in total. The molecule has 3 aromatic rings. The highest BCUT2D eigenvalue weighted by Gasteiger charge is 2.36. The summed E-state index contributed by atoms with van der Waals surface area (Å²) in [5.74, 6) is 0.118. The van der Waals surface area contributed by atoms with Crippen molar-refractivity contribution in [1.82, 2.24) is 14.5 Å². The van der Waals surface area contributed by atoms with E-state index in [9.17, 15) is 9.59 Å². The van der Waals surface area contributed by atoms with Gasteiger partial charge in [0.05, 0.1) is 35.8 Å². The molecule has 2 heterocycles. The van der Waals surface area contributed by atoms with Crippen molar-refractivity contribution >= 4 is 28.4 Å². The zero-order chi connectivity index (χ0) is 21.1. The predicted octanol–water partition coefficient (Wildman–Crippen LogP) is 3.30. The molecule has 0 bridgehead atoms. The maximum absolute atomic E-state index is 12.9. The number of likely N-dealkylation sites (tertiary alicyclic amines) is 1. The number of fused-ring (bicyclic) bond motifs is 1. The molecule has 1 saturated heterocycles. The highest BCUT2D eigenvalue weighted by atomic mass is 35.5. The van der Waals surface area contributed by atoms with E-state index in [0.717, 1.165) is 5.56 Å². The quantitative estimate of drug-likeness (QED) is 0.629. The highest BCUT2D eigenvalue weighted by Crippen LogP contribution is 2.28. The summed E-state index contributed by atoms with van der Waals surface area (Å²) >= 11 is 6.00. The number of aromatic nitrogens is 2. The van der Waals surface area contributed by atoms with Gasteiger partial charge in [-0.2, -0.15) is 0 Å². The van der Waals surface area contributed by atoms with Gasteiger partial charge in [-0.1, -0.05) is 41.9 Å². The third-order valence-electron chi connectivity index (χ3n) is 5.90. The second kappa shape index (κ2) is 8.58. The van der Waals surface area contributed by atoms with Gasteiger partial charge in [-0.3, -0.25) is 14.2 Å². The Labute approximate surface area is 180 Å². The summed E-state index contributed by atoms with van der Waals surface area (Å²) in [6.45, 7) is 1.60. The van der Waals surface area contributed by atoms with Crippen molar-refractivity contribution in [2.75, 3.05) is 20.2 Å². The number of methoxy groups -OCH3 is 1. The largest absolute Gasteiger partial charge is 0.376 e. The third kappa shape index (κ3) is 4.25. The maximum Gasteiger partial charge on any atom is 0.261 e. The number of hydrogen-bond acceptors (Lipinski definition) is 4. The van der Waals surface area contributed by atoms with E-state index >= 15 is 0 Å². The number of carbonyl (C=O) groups excluding carboxylic acids is 1. The molecule has 4 rings (SSSR count). The maximum atomic E-state index is 12.9. The van der Waals surface area contributed by atoms with Crippen LogP contribution in [0.4, 0.5) is 0 Å². The van der Waals surface area contributed by atoms with E-state index in [2.05, 4.69) is 4.98 Å². The van der Waals surface area contributed by atoms with Gasteiger partial charge in [0.15, 0.2) is 0 Å². The van der Waals surface area contributed by atoms with E-state index in [1.54, 1.807) is 36.2 Å². The molecule has 0 unspecified atom stereocenters. The third-order valence-corrected chi connectivity index (χ3v) is 6.14. The molecule has 7 heteroatoms. The minimum Gasteiger partial charge on any atom is -0.376 e. The monoisotopic (exact) mass is 425 g/mol. The zero-order valence-corrected chi connectivity index (χ0v) is 17.6. The first-order chi connectivity index (χ1) is 14.5. The Morgan fingerprint density at radius 1 is 1.17 bits per heavy atom. The van der Waals surface area contributed by atoms with Gasteiger partial charge in [0.25, 0.3) is 5.56 Å². The molecule has 2 aromatic carbocycles. The lowest BCUT2D eigenvalue weighted by atomic mass is 9.90. The zero-order valence-electron chi connectivity index (χ0n) is 16.9. The number of amides is 1. The molecule has 1 aromatic heterocycles. The number of piperidine rings is 1. The summed E-state index contributed by atoms with van der Waals surface area (Å²) in [6, 6.07) is 14.8. The Morgan fingerprint density at radius 2 is 1.90 bits per heavy atom. The van der Waals surface area contributed by atoms with Crippen LogP contribution in [0.15, 0.2) is 59.7 Å². The van der Waals surface area contributed by atoms with Crippen molar-refractivity contribution in [2.24, 2.45) is 0 Å². The fourth-order valence-corrected chi connectivity index (χ4v) is 4.19. The number of halogens is 1. The van der Waals surface area contributed by atoms with E-state index in [1.807, 2.05) is 35.2 Å². The van der Waals surface area contributed by atoms with E-state index in [1.165, 1.54) is 0 Å². The lowest BCUT2D eigenvalue weighted by Gasteiger charge is -2.41. The first-order valence-corrected chi connectivity index (χ1v) is 10.4. The summed E-state index contributed by atoms with van der Waals surface area (Å²) in [4.78, 5) is 31.8. The number of benzene rings is 2. The molecular formula is C23H24ClN3O3. The first-order valence-electron chi connectivity index (χ1n) is 10.0. The Kier molecular flexibility index (Phi) is 5.88. The fraction of sp³-hybridized carbons (Fsp3) is 0.348. The molecule has 1 amide bonds. The van der Waals surface area contributed by atoms with Crippen LogP contribution < -0.4 is 5.56 Å². The SMILES string of the molecule is COC1(Cn2cnc3cc(Cl)ccc3c2=O)CCN(C(=O)Cc2ccccc2)CC1. The van der Waals surface area contributed by atoms with Crippen LogP contribution in [0.5, 0.6) is 0 Å². The van der Waals surface area contributed by atoms with Crippen LogP contribution in [0.25, 0.3) is 10.9 Å². The van der Waals surface area contributed by atoms with Gasteiger partial charge in [0.2, 0.25) is 5.91 Å². The Balaban J connectivity index is 1.46. The lowest BCUT2D eigenvalue weighted by molar-refractivity contribution is -0.136. The number of hydrogen-bond donors (Lipinski definition) is 0. The van der Waals surface area contributed by atoms with E-state index in [4.69, 9.17) is 16.3 Å². The molecule has 1 aliphatic heterocycles. The lowest BCUT2D eigenvalue weighted by Crippen LogP contribution is -2.51. The minimum absolute atomic E-state index is 0.115. The summed E-state index contributed by atoms with van der Waals surface area (Å²) in [6.07, 6.45) is 3.27. The van der Waals surface area contributed by atoms with Crippen LogP contribution >= 0.6 is 11.6 Å². The minimum atomic E-state index is -0.505. The summed E-state index contributed by atoms with van der Waals surface area (Å²) < 4.78 is 7.47. The van der Waals surface area contributed by atoms with Gasteiger partial charge in [0.1, 0.15) is 0 Å². The summed E-state index contributed by atoms with van der Waals surface area (Å²) in [5.41, 5.74) is 0.974. The number of nitrogens with zero attached hydrogens (tertiary/aromatic N) is 3. The molecule has 0 spiro atoms. The van der Waals surface area contributed by atoms with Gasteiger partial charge >= 0.3 is 0 Å². The molecule has 0 atom stereocenters. The summed E-state index contributed by atoms with van der Waals surface area (Å²) in [7, 11) is 1.67. The fourth-order valence-electron chi connectivity index (χ4n) is 4.03. The molecule has 1 fully saturated rings. The van der Waals surface area contributed by atoms with Crippen LogP contribution in [-0.2, 0) is 22.5 Å². The summed E-state index contributed by atoms with van der Waals surface area (Å²) in [5, 5.41) is 1.08. The molecular weight excluding hydrogens is 402 g/mol. The van der Waals surface area contributed by atoms with Crippen molar-refractivity contribution in [1.29, 1.82) is 0 Å². The average molecular weight is 426 g/mol. The van der Waals surface area contributed by atoms with Crippen molar-refractivity contribution in [2.45, 2.75) is 31.4 Å². The van der Waals surface area contributed by atoms with Crippen LogP contribution in [-0.4, -0.2) is 46.2 Å². The van der Waals surface area contributed by atoms with Gasteiger partial charge < -0.3 is 9.64 Å². The smallest absolute Gasteiger partial charge is 0.261 e. The van der Waals surface area contributed by atoms with Gasteiger partial charge in [-0.25, -0.2) is 4.98 Å². The number of rotatable bonds is 5. The van der Waals surface area contributed by atoms with Gasteiger partial charge in [-0.05, 0) is 36.6 Å². The predicted molar refractivity (Wildman–Crippen MR) is 117 cm³/mol. The standard InChI is InChI=1S/C23H24ClN3O3/c1-30-23(15-27-16-25-20-14-18(24)7-8-19(20)22(27)29)9-11-26(12-10-23)21(28)13-17-5-3-2-4-6-17/h2-8,14,16H,9-13,15H2,1H3. The molecule has 0 radical (unpaired) electrons. The van der Waals surface area contributed by atoms with Gasteiger partial charge in [-0.15, -0.1) is 0 Å². The highest BCUT2D eigenvalue weighted by molar-refractivity contribution is 6.31. The first kappa shape index (κ1) is 20.6. The van der Waals surface area contributed by atoms with Crippen LogP contribution in [0.3, 0.4) is 0 Å². The van der Waals surface area contributed by atoms with Crippen LogP contribution in [0.1, 0.15) is 18.4 Å². The van der Waals surface area contributed by atoms with E-state index in [0.29, 0.717) is 54.8 Å². The molecule has 0 saturated carbocycles. The molecule has 6 nitrogen and oxygen atoms in total. The van der Waals surface area contributed by atoms with Crippen molar-refractivity contribution in [3.63, 3.8) is 0 Å². The molecule has 156 valence electrons. The van der Waals surface area contributed by atoms with Crippen molar-refractivity contribution in [3.8, 4) is 0 Å². The normalized spacial score (nSPS) is 16.0. The van der Waals surface area contributed by atoms with Crippen molar-refractivity contribution in [3.05, 3.63) is 75.8 Å². The average Bonchev–Trinajstić information content (AvgIpc) is 2.77. The van der Waals surface area contributed by atoms with E-state index < -0.39 is 5.60 Å². The van der Waals surface area contributed by atoms with Crippen LogP contribution in [0, 0.1) is 0 Å². The molecule has 30 heavy (non-hydrogen) atoms. The molecule has 0 aliphatic carbocycles. The number of carbonyl (C=O) groups is 1. The molecule has 1 aliphatic rings. The van der Waals surface area contributed by atoms with E-state index in [-0.39, 0.29) is 11.5 Å². The van der Waals surface area contributed by atoms with Crippen LogP contribution in [0.2, 0.25) is 5.02 Å². The van der Waals surface area contributed by atoms with Gasteiger partial charge in [0, 0.05) is 25.2 Å². The second-order valence-corrected chi connectivity index (χ2v) is 8.21. The Hall–Kier alpha value is -2.70. The van der Waals surface area contributed by atoms with Crippen molar-refractivity contribution < 1.29 is 9.53 Å². The Morgan fingerprint density at radius 3 is 2.60 bits per heavy atom. The topological polar surface area (TPSA) is 64.4 Å². The Bertz CT molecular complexity index is 1110.